The molecule has 210 valence electrons. The zero-order valence-electron chi connectivity index (χ0n) is 23.9. The van der Waals surface area contributed by atoms with Crippen LogP contribution in [0.4, 0.5) is 0 Å². The highest BCUT2D eigenvalue weighted by molar-refractivity contribution is 5.72. The van der Waals surface area contributed by atoms with Gasteiger partial charge in [0.25, 0.3) is 0 Å². The third-order valence-electron chi connectivity index (χ3n) is 5.26. The molecule has 0 aromatic carbocycles. The van der Waals surface area contributed by atoms with Gasteiger partial charge in [-0.25, -0.2) is 10.4 Å². The maximum atomic E-state index is 12.6. The number of ether oxygens (including phenoxy) is 3. The molecule has 0 aromatic rings. The predicted octanol–water partition coefficient (Wildman–Crippen LogP) is 3.41. The average molecular weight is 515 g/mol. The van der Waals surface area contributed by atoms with Crippen molar-refractivity contribution in [1.82, 2.24) is 21.5 Å². The Morgan fingerprint density at radius 1 is 0.694 bits per heavy atom. The van der Waals surface area contributed by atoms with Crippen LogP contribution in [0.1, 0.15) is 101 Å². The van der Waals surface area contributed by atoms with Crippen LogP contribution in [0, 0.1) is 11.8 Å². The van der Waals surface area contributed by atoms with Gasteiger partial charge in [0.15, 0.2) is 0 Å². The number of hydrogen-bond donors (Lipinski definition) is 3. The molecular formula is C26H50N4O6. The summed E-state index contributed by atoms with van der Waals surface area (Å²) < 4.78 is 16.6. The molecule has 0 radical (unpaired) electrons. The maximum absolute atomic E-state index is 12.6. The summed E-state index contributed by atoms with van der Waals surface area (Å²) in [4.78, 5) is 37.5. The van der Waals surface area contributed by atoms with Gasteiger partial charge in [-0.1, -0.05) is 0 Å². The molecule has 10 nitrogen and oxygen atoms in total. The van der Waals surface area contributed by atoms with Crippen molar-refractivity contribution in [2.24, 2.45) is 11.8 Å². The summed E-state index contributed by atoms with van der Waals surface area (Å²) in [7, 11) is 0. The predicted molar refractivity (Wildman–Crippen MR) is 138 cm³/mol. The van der Waals surface area contributed by atoms with E-state index in [1.165, 1.54) is 0 Å². The molecule has 1 fully saturated rings. The van der Waals surface area contributed by atoms with Crippen LogP contribution in [-0.2, 0) is 28.6 Å². The fraction of sp³-hybridized carbons (Fsp3) is 0.885. The highest BCUT2D eigenvalue weighted by Crippen LogP contribution is 2.26. The van der Waals surface area contributed by atoms with Crippen molar-refractivity contribution in [2.45, 2.75) is 118 Å². The van der Waals surface area contributed by atoms with Gasteiger partial charge < -0.3 is 14.2 Å². The van der Waals surface area contributed by atoms with Gasteiger partial charge >= 0.3 is 17.9 Å². The molecule has 0 aliphatic carbocycles. The molecule has 1 aliphatic heterocycles. The van der Waals surface area contributed by atoms with E-state index in [2.05, 4.69) is 16.5 Å². The minimum Gasteiger partial charge on any atom is -0.460 e. The van der Waals surface area contributed by atoms with Gasteiger partial charge in [-0.3, -0.25) is 14.4 Å². The van der Waals surface area contributed by atoms with E-state index in [1.807, 2.05) is 62.3 Å². The van der Waals surface area contributed by atoms with Crippen molar-refractivity contribution in [3.05, 3.63) is 0 Å². The van der Waals surface area contributed by atoms with Crippen LogP contribution in [0.25, 0.3) is 0 Å². The van der Waals surface area contributed by atoms with E-state index in [4.69, 9.17) is 14.2 Å². The number of nitrogens with one attached hydrogen (secondary N) is 3. The molecule has 1 saturated heterocycles. The molecule has 1 aliphatic rings. The lowest BCUT2D eigenvalue weighted by atomic mass is 9.88. The smallest absolute Gasteiger partial charge is 0.322 e. The summed E-state index contributed by atoms with van der Waals surface area (Å²) in [6, 6.07) is 0. The third kappa shape index (κ3) is 16.8. The standard InChI is InChI=1S/C26H50N4O6/c1-24(2,3)34-21(31)16-19-10-11-20(17-22(32)35-25(4,5)6)13-15-30(29-28-27-14-12-19)18-23(33)36-26(7,8)9/h19-20,27-29H,10-18H2,1-9H3. The number of esters is 3. The topological polar surface area (TPSA) is 118 Å². The molecule has 0 amide bonds. The van der Waals surface area contributed by atoms with E-state index in [-0.39, 0.29) is 42.7 Å². The summed E-state index contributed by atoms with van der Waals surface area (Å²) in [5.74, 6) is -0.637. The SMILES string of the molecule is CC(C)(C)OC(=O)CC1CCNNNN(CC(=O)OC(C)(C)C)CCC(CC(=O)OC(C)(C)C)CC1. The van der Waals surface area contributed by atoms with E-state index in [1.54, 1.807) is 5.01 Å². The second-order valence-corrected chi connectivity index (χ2v) is 12.6. The van der Waals surface area contributed by atoms with Gasteiger partial charge in [-0.15, -0.1) is 0 Å². The number of carbonyl (C=O) groups is 3. The number of rotatable bonds is 6. The first-order valence-electron chi connectivity index (χ1n) is 13.1. The van der Waals surface area contributed by atoms with Crippen LogP contribution in [0.2, 0.25) is 0 Å². The average Bonchev–Trinajstić information content (AvgIpc) is 2.63. The Morgan fingerprint density at radius 3 is 1.61 bits per heavy atom. The van der Waals surface area contributed by atoms with Crippen LogP contribution in [0.5, 0.6) is 0 Å². The zero-order chi connectivity index (χ0) is 27.6. The molecule has 10 heteroatoms. The lowest BCUT2D eigenvalue weighted by Gasteiger charge is -2.29. The lowest BCUT2D eigenvalue weighted by Crippen LogP contribution is -2.55. The van der Waals surface area contributed by atoms with E-state index in [0.29, 0.717) is 25.9 Å². The van der Waals surface area contributed by atoms with Gasteiger partial charge in [-0.2, -0.15) is 11.1 Å². The van der Waals surface area contributed by atoms with Crippen molar-refractivity contribution in [1.29, 1.82) is 0 Å². The normalized spacial score (nSPS) is 21.6. The monoisotopic (exact) mass is 514 g/mol. The Morgan fingerprint density at radius 2 is 1.14 bits per heavy atom. The quantitative estimate of drug-likeness (QED) is 0.359. The van der Waals surface area contributed by atoms with Crippen molar-refractivity contribution < 1.29 is 28.6 Å². The minimum absolute atomic E-state index is 0.0382. The molecule has 0 bridgehead atoms. The summed E-state index contributed by atoms with van der Waals surface area (Å²) in [6.07, 6.45) is 3.57. The molecule has 0 spiro atoms. The molecule has 1 heterocycles. The summed E-state index contributed by atoms with van der Waals surface area (Å²) in [5.41, 5.74) is 7.39. The van der Waals surface area contributed by atoms with Crippen molar-refractivity contribution in [2.75, 3.05) is 19.6 Å². The van der Waals surface area contributed by atoms with E-state index >= 15 is 0 Å². The van der Waals surface area contributed by atoms with Gasteiger partial charge in [-0.05, 0) is 99.8 Å². The van der Waals surface area contributed by atoms with Crippen LogP contribution >= 0.6 is 0 Å². The first-order chi connectivity index (χ1) is 16.4. The fourth-order valence-electron chi connectivity index (χ4n) is 3.91. The van der Waals surface area contributed by atoms with E-state index in [0.717, 1.165) is 19.3 Å². The van der Waals surface area contributed by atoms with Crippen LogP contribution in [0.3, 0.4) is 0 Å². The highest BCUT2D eigenvalue weighted by Gasteiger charge is 2.26. The van der Waals surface area contributed by atoms with Crippen LogP contribution in [0.15, 0.2) is 0 Å². The maximum Gasteiger partial charge on any atom is 0.322 e. The fourth-order valence-corrected chi connectivity index (χ4v) is 3.91. The summed E-state index contributed by atoms with van der Waals surface area (Å²) in [5, 5.41) is 1.74. The van der Waals surface area contributed by atoms with Gasteiger partial charge in [0.05, 0.1) is 0 Å². The Kier molecular flexibility index (Phi) is 12.8. The number of hydrazine groups is 3. The molecule has 2 atom stereocenters. The Labute approximate surface area is 217 Å². The third-order valence-corrected chi connectivity index (χ3v) is 5.26. The zero-order valence-corrected chi connectivity index (χ0v) is 23.9. The lowest BCUT2D eigenvalue weighted by molar-refractivity contribution is -0.159. The first-order valence-corrected chi connectivity index (χ1v) is 13.1. The van der Waals surface area contributed by atoms with E-state index < -0.39 is 16.8 Å². The molecule has 3 N–H and O–H groups in total. The molecule has 0 saturated carbocycles. The van der Waals surface area contributed by atoms with Gasteiger partial charge in [0, 0.05) is 25.9 Å². The second-order valence-electron chi connectivity index (χ2n) is 12.6. The van der Waals surface area contributed by atoms with Crippen molar-refractivity contribution >= 4 is 17.9 Å². The Hall–Kier alpha value is -1.75. The number of carbonyl (C=O) groups excluding carboxylic acids is 3. The van der Waals surface area contributed by atoms with Crippen LogP contribution < -0.4 is 16.5 Å². The highest BCUT2D eigenvalue weighted by atomic mass is 16.6. The molecule has 1 rings (SSSR count). The van der Waals surface area contributed by atoms with Crippen molar-refractivity contribution in [3.63, 3.8) is 0 Å². The Balaban J connectivity index is 2.89. The largest absolute Gasteiger partial charge is 0.460 e. The van der Waals surface area contributed by atoms with Gasteiger partial charge in [0.2, 0.25) is 0 Å². The molecule has 36 heavy (non-hydrogen) atoms. The number of hydrogen-bond acceptors (Lipinski definition) is 10. The number of nitrogens with zero attached hydrogens (tertiary/aromatic N) is 1. The van der Waals surface area contributed by atoms with Crippen molar-refractivity contribution in [3.8, 4) is 0 Å². The molecule has 2 unspecified atom stereocenters. The molecule has 0 aromatic heterocycles. The minimum atomic E-state index is -0.572. The Bertz CT molecular complexity index is 665. The summed E-state index contributed by atoms with van der Waals surface area (Å²) >= 11 is 0. The first kappa shape index (κ1) is 32.3. The second kappa shape index (κ2) is 14.3. The van der Waals surface area contributed by atoms with Crippen LogP contribution in [-0.4, -0.2) is 59.4 Å². The van der Waals surface area contributed by atoms with Gasteiger partial charge in [0.1, 0.15) is 23.3 Å². The summed E-state index contributed by atoms with van der Waals surface area (Å²) in [6.45, 7) is 17.8. The molecular weight excluding hydrogens is 464 g/mol. The van der Waals surface area contributed by atoms with E-state index in [9.17, 15) is 14.4 Å².